The normalized spacial score (nSPS) is 18.2. The van der Waals surface area contributed by atoms with Gasteiger partial charge in [-0.3, -0.25) is 4.79 Å². The van der Waals surface area contributed by atoms with Crippen molar-refractivity contribution in [1.29, 1.82) is 0 Å². The van der Waals surface area contributed by atoms with Crippen LogP contribution >= 0.6 is 11.3 Å². The molecule has 3 aromatic rings. The molecule has 1 aliphatic carbocycles. The molecule has 1 aromatic carbocycles. The number of benzene rings is 1. The maximum Gasteiger partial charge on any atom is 0.263 e. The van der Waals surface area contributed by atoms with Crippen LogP contribution in [0.4, 0.5) is 0 Å². The van der Waals surface area contributed by atoms with E-state index in [-0.39, 0.29) is 5.91 Å². The summed E-state index contributed by atoms with van der Waals surface area (Å²) in [5, 5.41) is 1.34. The Balaban J connectivity index is 1.29. The van der Waals surface area contributed by atoms with Gasteiger partial charge >= 0.3 is 0 Å². The van der Waals surface area contributed by atoms with Gasteiger partial charge in [0.1, 0.15) is 0 Å². The molecular weight excluding hydrogens is 340 g/mol. The number of nitrogens with zero attached hydrogens (tertiary/aromatic N) is 1. The number of amides is 1. The number of piperidine rings is 1. The average Bonchev–Trinajstić information content (AvgIpc) is 3.32. The molecule has 0 saturated carbocycles. The van der Waals surface area contributed by atoms with Gasteiger partial charge in [0, 0.05) is 35.1 Å². The Morgan fingerprint density at radius 1 is 1.12 bits per heavy atom. The van der Waals surface area contributed by atoms with Crippen molar-refractivity contribution in [3.05, 3.63) is 57.4 Å². The van der Waals surface area contributed by atoms with Gasteiger partial charge in [-0.1, -0.05) is 18.2 Å². The highest BCUT2D eigenvalue weighted by Gasteiger charge is 2.27. The van der Waals surface area contributed by atoms with Crippen molar-refractivity contribution in [2.45, 2.75) is 44.4 Å². The van der Waals surface area contributed by atoms with Crippen molar-refractivity contribution in [3.63, 3.8) is 0 Å². The Kier molecular flexibility index (Phi) is 4.08. The van der Waals surface area contributed by atoms with Gasteiger partial charge in [-0.2, -0.15) is 0 Å². The molecular formula is C22H24N2OS. The van der Waals surface area contributed by atoms with Crippen molar-refractivity contribution in [2.75, 3.05) is 13.1 Å². The number of nitrogens with one attached hydrogen (secondary N) is 1. The number of aromatic nitrogens is 1. The van der Waals surface area contributed by atoms with E-state index in [1.54, 1.807) is 11.3 Å². The number of carbonyl (C=O) groups is 1. The van der Waals surface area contributed by atoms with E-state index in [1.807, 2.05) is 0 Å². The third-order valence-corrected chi connectivity index (χ3v) is 7.28. The minimum Gasteiger partial charge on any atom is -0.361 e. The maximum absolute atomic E-state index is 13.0. The lowest BCUT2D eigenvalue weighted by Gasteiger charge is -2.31. The third-order valence-electron chi connectivity index (χ3n) is 6.05. The van der Waals surface area contributed by atoms with Crippen molar-refractivity contribution >= 4 is 28.1 Å². The van der Waals surface area contributed by atoms with E-state index in [2.05, 4.69) is 46.4 Å². The van der Waals surface area contributed by atoms with Crippen LogP contribution in [0.25, 0.3) is 10.9 Å². The zero-order valence-electron chi connectivity index (χ0n) is 15.0. The topological polar surface area (TPSA) is 36.1 Å². The number of thiophene rings is 1. The smallest absolute Gasteiger partial charge is 0.263 e. The highest BCUT2D eigenvalue weighted by molar-refractivity contribution is 7.14. The molecule has 26 heavy (non-hydrogen) atoms. The molecule has 134 valence electrons. The zero-order valence-corrected chi connectivity index (χ0v) is 15.8. The molecule has 1 saturated heterocycles. The molecule has 3 heterocycles. The molecule has 2 aliphatic rings. The first-order chi connectivity index (χ1) is 12.8. The van der Waals surface area contributed by atoms with Crippen LogP contribution in [0.2, 0.25) is 0 Å². The number of rotatable bonds is 2. The number of para-hydroxylation sites is 1. The summed E-state index contributed by atoms with van der Waals surface area (Å²) in [7, 11) is 0. The number of aryl methyl sites for hydroxylation is 2. The third kappa shape index (κ3) is 2.77. The summed E-state index contributed by atoms with van der Waals surface area (Å²) in [5.41, 5.74) is 4.06. The standard InChI is InChI=1S/C22H24N2OS/c25-22(21-13-16-5-1-4-8-20(16)26-21)24-11-9-15(10-12-24)18-14-23-19-7-3-2-6-17(18)19/h2-3,6-7,13-15,23H,1,4-5,8-12H2. The van der Waals surface area contributed by atoms with Gasteiger partial charge in [0.2, 0.25) is 0 Å². The summed E-state index contributed by atoms with van der Waals surface area (Å²) in [6.45, 7) is 1.73. The van der Waals surface area contributed by atoms with Crippen LogP contribution in [0.3, 0.4) is 0 Å². The van der Waals surface area contributed by atoms with Gasteiger partial charge < -0.3 is 9.88 Å². The molecule has 0 radical (unpaired) electrons. The zero-order chi connectivity index (χ0) is 17.5. The number of hydrogen-bond acceptors (Lipinski definition) is 2. The monoisotopic (exact) mass is 364 g/mol. The molecule has 0 atom stereocenters. The summed E-state index contributed by atoms with van der Waals surface area (Å²) in [6.07, 6.45) is 9.14. The van der Waals surface area contributed by atoms with Crippen LogP contribution in [0, 0.1) is 0 Å². The number of H-pyrrole nitrogens is 1. The fourth-order valence-corrected chi connectivity index (χ4v) is 5.80. The molecule has 4 heteroatoms. The lowest BCUT2D eigenvalue weighted by molar-refractivity contribution is 0.0718. The van der Waals surface area contributed by atoms with Crippen LogP contribution in [0.5, 0.6) is 0 Å². The van der Waals surface area contributed by atoms with Gasteiger partial charge in [-0.15, -0.1) is 11.3 Å². The second kappa shape index (κ2) is 6.58. The van der Waals surface area contributed by atoms with E-state index in [1.165, 1.54) is 39.7 Å². The molecule has 1 aliphatic heterocycles. The minimum atomic E-state index is 0.252. The number of likely N-dealkylation sites (tertiary alicyclic amines) is 1. The van der Waals surface area contributed by atoms with E-state index < -0.39 is 0 Å². The minimum absolute atomic E-state index is 0.252. The van der Waals surface area contributed by atoms with Crippen molar-refractivity contribution in [2.24, 2.45) is 0 Å². The molecule has 1 fully saturated rings. The van der Waals surface area contributed by atoms with Crippen LogP contribution in [0.1, 0.15) is 57.3 Å². The Labute approximate surface area is 158 Å². The summed E-state index contributed by atoms with van der Waals surface area (Å²) >= 11 is 1.74. The van der Waals surface area contributed by atoms with Crippen molar-refractivity contribution in [1.82, 2.24) is 9.88 Å². The van der Waals surface area contributed by atoms with E-state index in [0.717, 1.165) is 43.6 Å². The highest BCUT2D eigenvalue weighted by Crippen LogP contribution is 2.35. The van der Waals surface area contributed by atoms with Crippen molar-refractivity contribution in [3.8, 4) is 0 Å². The number of aromatic amines is 1. The first-order valence-electron chi connectivity index (χ1n) is 9.76. The van der Waals surface area contributed by atoms with E-state index in [9.17, 15) is 4.79 Å². The lowest BCUT2D eigenvalue weighted by Crippen LogP contribution is -2.37. The number of fused-ring (bicyclic) bond motifs is 2. The van der Waals surface area contributed by atoms with E-state index >= 15 is 0 Å². The molecule has 0 bridgehead atoms. The SMILES string of the molecule is O=C(c1cc2c(s1)CCCC2)N1CCC(c2c[nH]c3ccccc23)CC1. The fourth-order valence-electron chi connectivity index (χ4n) is 4.58. The molecule has 1 N–H and O–H groups in total. The summed E-state index contributed by atoms with van der Waals surface area (Å²) in [4.78, 5) is 20.8. The molecule has 3 nitrogen and oxygen atoms in total. The van der Waals surface area contributed by atoms with E-state index in [0.29, 0.717) is 5.92 Å². The quantitative estimate of drug-likeness (QED) is 0.672. The first-order valence-corrected chi connectivity index (χ1v) is 10.6. The Morgan fingerprint density at radius 3 is 2.77 bits per heavy atom. The maximum atomic E-state index is 13.0. The van der Waals surface area contributed by atoms with Gasteiger partial charge in [0.15, 0.2) is 0 Å². The van der Waals surface area contributed by atoms with Gasteiger partial charge in [0.25, 0.3) is 5.91 Å². The Morgan fingerprint density at radius 2 is 1.92 bits per heavy atom. The van der Waals surface area contributed by atoms with E-state index in [4.69, 9.17) is 0 Å². The van der Waals surface area contributed by atoms with Crippen molar-refractivity contribution < 1.29 is 4.79 Å². The number of carbonyl (C=O) groups excluding carboxylic acids is 1. The summed E-state index contributed by atoms with van der Waals surface area (Å²) < 4.78 is 0. The van der Waals surface area contributed by atoms with Gasteiger partial charge in [-0.05, 0) is 67.7 Å². The Bertz CT molecular complexity index is 923. The van der Waals surface area contributed by atoms with Crippen LogP contribution in [-0.2, 0) is 12.8 Å². The largest absolute Gasteiger partial charge is 0.361 e. The van der Waals surface area contributed by atoms with Crippen LogP contribution < -0.4 is 0 Å². The second-order valence-corrected chi connectivity index (χ2v) is 8.76. The predicted octanol–water partition coefficient (Wildman–Crippen LogP) is 5.13. The molecule has 5 rings (SSSR count). The predicted molar refractivity (Wildman–Crippen MR) is 107 cm³/mol. The Hall–Kier alpha value is -2.07. The second-order valence-electron chi connectivity index (χ2n) is 7.62. The summed E-state index contributed by atoms with van der Waals surface area (Å²) in [5.74, 6) is 0.800. The van der Waals surface area contributed by atoms with Gasteiger partial charge in [-0.25, -0.2) is 0 Å². The molecule has 0 unspecified atom stereocenters. The lowest BCUT2D eigenvalue weighted by atomic mass is 9.89. The molecule has 1 amide bonds. The fraction of sp³-hybridized carbons (Fsp3) is 0.409. The first kappa shape index (κ1) is 16.1. The molecule has 2 aromatic heterocycles. The number of hydrogen-bond donors (Lipinski definition) is 1. The molecule has 0 spiro atoms. The highest BCUT2D eigenvalue weighted by atomic mass is 32.1. The van der Waals surface area contributed by atoms with Gasteiger partial charge in [0.05, 0.1) is 4.88 Å². The average molecular weight is 365 g/mol. The van der Waals surface area contributed by atoms with Crippen LogP contribution in [0.15, 0.2) is 36.5 Å². The van der Waals surface area contributed by atoms with Crippen LogP contribution in [-0.4, -0.2) is 28.9 Å². The summed E-state index contributed by atoms with van der Waals surface area (Å²) in [6, 6.07) is 10.7.